The molecule has 1 atom stereocenters. The van der Waals surface area contributed by atoms with Gasteiger partial charge >= 0.3 is 12.1 Å². The van der Waals surface area contributed by atoms with E-state index in [1.165, 1.54) is 0 Å². The SMILES string of the molecule is CC(C)(C)OC(=O)ON1CCCC1C(=O)O. The van der Waals surface area contributed by atoms with Gasteiger partial charge in [0.15, 0.2) is 0 Å². The Morgan fingerprint density at radius 2 is 2.00 bits per heavy atom. The quantitative estimate of drug-likeness (QED) is 0.724. The summed E-state index contributed by atoms with van der Waals surface area (Å²) >= 11 is 0. The molecule has 92 valence electrons. The lowest BCUT2D eigenvalue weighted by Gasteiger charge is -2.23. The van der Waals surface area contributed by atoms with Crippen molar-refractivity contribution in [2.24, 2.45) is 0 Å². The van der Waals surface area contributed by atoms with Crippen LogP contribution in [0.5, 0.6) is 0 Å². The Labute approximate surface area is 94.1 Å². The number of hydroxylamine groups is 2. The summed E-state index contributed by atoms with van der Waals surface area (Å²) in [4.78, 5) is 27.0. The second kappa shape index (κ2) is 4.69. The molecule has 1 rings (SSSR count). The molecule has 0 amide bonds. The molecule has 1 heterocycles. The van der Waals surface area contributed by atoms with Gasteiger partial charge in [-0.2, -0.15) is 0 Å². The Balaban J connectivity index is 2.47. The van der Waals surface area contributed by atoms with E-state index in [-0.39, 0.29) is 0 Å². The van der Waals surface area contributed by atoms with Crippen LogP contribution in [0.1, 0.15) is 33.6 Å². The lowest BCUT2D eigenvalue weighted by atomic mass is 10.2. The van der Waals surface area contributed by atoms with Gasteiger partial charge < -0.3 is 14.7 Å². The zero-order chi connectivity index (χ0) is 12.3. The molecular weight excluding hydrogens is 214 g/mol. The average molecular weight is 231 g/mol. The van der Waals surface area contributed by atoms with Crippen LogP contribution in [0.4, 0.5) is 4.79 Å². The molecule has 1 aliphatic heterocycles. The van der Waals surface area contributed by atoms with Crippen molar-refractivity contribution in [3.05, 3.63) is 0 Å². The second-order valence-corrected chi connectivity index (χ2v) is 4.69. The molecule has 0 saturated carbocycles. The van der Waals surface area contributed by atoms with Crippen LogP contribution in [-0.4, -0.2) is 40.5 Å². The maximum absolute atomic E-state index is 11.3. The van der Waals surface area contributed by atoms with Crippen molar-refractivity contribution in [3.63, 3.8) is 0 Å². The number of ether oxygens (including phenoxy) is 1. The van der Waals surface area contributed by atoms with Crippen LogP contribution in [-0.2, 0) is 14.4 Å². The third-order valence-corrected chi connectivity index (χ3v) is 2.07. The normalized spacial score (nSPS) is 21.8. The molecule has 0 aromatic rings. The Hall–Kier alpha value is -1.30. The first-order valence-corrected chi connectivity index (χ1v) is 5.20. The van der Waals surface area contributed by atoms with Crippen molar-refractivity contribution in [2.75, 3.05) is 6.54 Å². The molecule has 0 aromatic heterocycles. The van der Waals surface area contributed by atoms with Gasteiger partial charge in [-0.3, -0.25) is 4.79 Å². The van der Waals surface area contributed by atoms with Gasteiger partial charge in [0, 0.05) is 6.54 Å². The van der Waals surface area contributed by atoms with Crippen LogP contribution in [0.15, 0.2) is 0 Å². The lowest BCUT2D eigenvalue weighted by Crippen LogP contribution is -2.39. The third-order valence-electron chi connectivity index (χ3n) is 2.07. The molecule has 0 aromatic carbocycles. The highest BCUT2D eigenvalue weighted by Gasteiger charge is 2.34. The van der Waals surface area contributed by atoms with Crippen molar-refractivity contribution < 1.29 is 24.3 Å². The minimum atomic E-state index is -0.985. The van der Waals surface area contributed by atoms with E-state index in [0.29, 0.717) is 19.4 Å². The summed E-state index contributed by atoms with van der Waals surface area (Å²) in [5.41, 5.74) is -0.643. The summed E-state index contributed by atoms with van der Waals surface area (Å²) in [6, 6.07) is -0.757. The van der Waals surface area contributed by atoms with Gasteiger partial charge in [-0.1, -0.05) is 0 Å². The molecule has 1 saturated heterocycles. The first kappa shape index (κ1) is 12.8. The second-order valence-electron chi connectivity index (χ2n) is 4.69. The third kappa shape index (κ3) is 3.69. The fourth-order valence-electron chi connectivity index (χ4n) is 1.46. The van der Waals surface area contributed by atoms with E-state index in [9.17, 15) is 9.59 Å². The van der Waals surface area contributed by atoms with Crippen LogP contribution < -0.4 is 0 Å². The standard InChI is InChI=1S/C10H17NO5/c1-10(2,3)15-9(14)16-11-6-4-5-7(11)8(12)13/h7H,4-6H2,1-3H3,(H,12,13). The van der Waals surface area contributed by atoms with Crippen molar-refractivity contribution in [1.29, 1.82) is 0 Å². The Morgan fingerprint density at radius 1 is 1.38 bits per heavy atom. The molecule has 1 fully saturated rings. The molecule has 16 heavy (non-hydrogen) atoms. The summed E-state index contributed by atoms with van der Waals surface area (Å²) in [7, 11) is 0. The number of aliphatic carboxylic acids is 1. The van der Waals surface area contributed by atoms with Gasteiger partial charge in [-0.05, 0) is 33.6 Å². The number of carboxylic acids is 1. The molecule has 1 unspecified atom stereocenters. The smallest absolute Gasteiger partial charge is 0.480 e. The average Bonchev–Trinajstić information content (AvgIpc) is 2.47. The van der Waals surface area contributed by atoms with Gasteiger partial charge in [-0.25, -0.2) is 4.79 Å². The number of rotatable bonds is 2. The zero-order valence-corrected chi connectivity index (χ0v) is 9.73. The van der Waals surface area contributed by atoms with Crippen LogP contribution in [0.2, 0.25) is 0 Å². The lowest BCUT2D eigenvalue weighted by molar-refractivity contribution is -0.173. The van der Waals surface area contributed by atoms with Crippen LogP contribution in [0.25, 0.3) is 0 Å². The van der Waals surface area contributed by atoms with Crippen molar-refractivity contribution in [1.82, 2.24) is 5.06 Å². The van der Waals surface area contributed by atoms with E-state index < -0.39 is 23.8 Å². The minimum Gasteiger partial charge on any atom is -0.480 e. The molecule has 0 aliphatic carbocycles. The van der Waals surface area contributed by atoms with E-state index in [2.05, 4.69) is 0 Å². The Kier molecular flexibility index (Phi) is 3.74. The largest absolute Gasteiger partial charge is 0.528 e. The van der Waals surface area contributed by atoms with Crippen LogP contribution in [0.3, 0.4) is 0 Å². The molecule has 0 spiro atoms. The number of carbonyl (C=O) groups is 2. The van der Waals surface area contributed by atoms with E-state index >= 15 is 0 Å². The Morgan fingerprint density at radius 3 is 2.50 bits per heavy atom. The summed E-state index contributed by atoms with van der Waals surface area (Å²) < 4.78 is 4.93. The highest BCUT2D eigenvalue weighted by atomic mass is 16.8. The molecule has 0 bridgehead atoms. The minimum absolute atomic E-state index is 0.427. The van der Waals surface area contributed by atoms with Gasteiger partial charge in [0.1, 0.15) is 11.6 Å². The van der Waals surface area contributed by atoms with E-state index in [0.717, 1.165) is 5.06 Å². The highest BCUT2D eigenvalue weighted by Crippen LogP contribution is 2.19. The maximum atomic E-state index is 11.3. The van der Waals surface area contributed by atoms with Crippen molar-refractivity contribution in [2.45, 2.75) is 45.3 Å². The summed E-state index contributed by atoms with van der Waals surface area (Å²) in [5.74, 6) is -0.985. The summed E-state index contributed by atoms with van der Waals surface area (Å²) in [5, 5.41) is 10.0. The fourth-order valence-corrected chi connectivity index (χ4v) is 1.46. The summed E-state index contributed by atoms with van der Waals surface area (Å²) in [6.45, 7) is 5.57. The highest BCUT2D eigenvalue weighted by molar-refractivity contribution is 5.74. The Bertz CT molecular complexity index is 283. The molecule has 6 nitrogen and oxygen atoms in total. The molecule has 1 aliphatic rings. The number of nitrogens with zero attached hydrogens (tertiary/aromatic N) is 1. The topological polar surface area (TPSA) is 76.1 Å². The van der Waals surface area contributed by atoms with Gasteiger partial charge in [0.2, 0.25) is 0 Å². The number of carboxylic acid groups (broad SMARTS) is 1. The van der Waals surface area contributed by atoms with Crippen LogP contribution >= 0.6 is 0 Å². The van der Waals surface area contributed by atoms with E-state index in [4.69, 9.17) is 14.7 Å². The monoisotopic (exact) mass is 231 g/mol. The maximum Gasteiger partial charge on any atom is 0.528 e. The van der Waals surface area contributed by atoms with Crippen molar-refractivity contribution in [3.8, 4) is 0 Å². The molecule has 1 N–H and O–H groups in total. The van der Waals surface area contributed by atoms with E-state index in [1.807, 2.05) is 0 Å². The van der Waals surface area contributed by atoms with E-state index in [1.54, 1.807) is 20.8 Å². The zero-order valence-electron chi connectivity index (χ0n) is 9.73. The first-order valence-electron chi connectivity index (χ1n) is 5.20. The first-order chi connectivity index (χ1) is 7.29. The summed E-state index contributed by atoms with van der Waals surface area (Å²) in [6.07, 6.45) is 0.318. The fraction of sp³-hybridized carbons (Fsp3) is 0.800. The number of carbonyl (C=O) groups excluding carboxylic acids is 1. The number of hydrogen-bond acceptors (Lipinski definition) is 5. The van der Waals surface area contributed by atoms with Crippen LogP contribution in [0, 0.1) is 0 Å². The van der Waals surface area contributed by atoms with Gasteiger partial charge in [-0.15, -0.1) is 5.06 Å². The molecule has 6 heteroatoms. The van der Waals surface area contributed by atoms with Gasteiger partial charge in [0.05, 0.1) is 0 Å². The van der Waals surface area contributed by atoms with Crippen molar-refractivity contribution >= 4 is 12.1 Å². The predicted molar refractivity (Wildman–Crippen MR) is 54.7 cm³/mol. The number of hydrogen-bond donors (Lipinski definition) is 1. The molecule has 0 radical (unpaired) electrons. The van der Waals surface area contributed by atoms with Gasteiger partial charge in [0.25, 0.3) is 0 Å². The molecular formula is C10H17NO5. The predicted octanol–water partition coefficient (Wildman–Crippen LogP) is 1.40.